The molecule has 0 atom stereocenters. The Kier molecular flexibility index (Phi) is 5.91. The van der Waals surface area contributed by atoms with Crippen LogP contribution >= 0.6 is 0 Å². The number of hydrogen-bond donors (Lipinski definition) is 2. The van der Waals surface area contributed by atoms with Crippen molar-refractivity contribution in [2.45, 2.75) is 33.7 Å². The van der Waals surface area contributed by atoms with Gasteiger partial charge in [0.1, 0.15) is 11.6 Å². The van der Waals surface area contributed by atoms with Crippen LogP contribution in [0.3, 0.4) is 0 Å². The van der Waals surface area contributed by atoms with Crippen molar-refractivity contribution in [3.8, 4) is 11.4 Å². The Bertz CT molecular complexity index is 1190. The van der Waals surface area contributed by atoms with Crippen LogP contribution < -0.4 is 5.32 Å². The lowest BCUT2D eigenvalue weighted by Crippen LogP contribution is -2.17. The molecule has 0 spiro atoms. The Morgan fingerprint density at radius 3 is 2.55 bits per heavy atom. The number of nitrogens with one attached hydrogen (secondary N) is 2. The van der Waals surface area contributed by atoms with Crippen molar-refractivity contribution in [2.75, 3.05) is 19.0 Å². The second-order valence-electron chi connectivity index (χ2n) is 7.85. The number of carbonyl (C=O) groups excluding carboxylic acids is 1. The molecular weight excluding hydrogens is 388 g/mol. The van der Waals surface area contributed by atoms with Gasteiger partial charge >= 0.3 is 0 Å². The van der Waals surface area contributed by atoms with Gasteiger partial charge in [-0.1, -0.05) is 29.8 Å². The van der Waals surface area contributed by atoms with Gasteiger partial charge < -0.3 is 19.6 Å². The number of aromatic amines is 1. The average molecular weight is 417 g/mol. The summed E-state index contributed by atoms with van der Waals surface area (Å²) in [6.45, 7) is 7.56. The summed E-state index contributed by atoms with van der Waals surface area (Å²) < 4.78 is 7.40. The van der Waals surface area contributed by atoms with Gasteiger partial charge in [0.2, 0.25) is 0 Å². The molecule has 2 N–H and O–H groups in total. The maximum absolute atomic E-state index is 13.1. The molecule has 2 heterocycles. The number of ether oxygens (including phenoxy) is 1. The molecule has 0 aliphatic rings. The lowest BCUT2D eigenvalue weighted by Gasteiger charge is -2.14. The molecule has 6 heteroatoms. The number of rotatable bonds is 7. The summed E-state index contributed by atoms with van der Waals surface area (Å²) in [5.41, 5.74) is 6.73. The molecule has 31 heavy (non-hydrogen) atoms. The number of para-hydroxylation sites is 2. The monoisotopic (exact) mass is 416 g/mol. The topological polar surface area (TPSA) is 71.9 Å². The van der Waals surface area contributed by atoms with Crippen LogP contribution in [0, 0.1) is 20.8 Å². The highest BCUT2D eigenvalue weighted by Gasteiger charge is 2.23. The number of imidazole rings is 1. The molecule has 4 rings (SSSR count). The third-order valence-electron chi connectivity index (χ3n) is 5.73. The van der Waals surface area contributed by atoms with Crippen molar-refractivity contribution in [3.05, 3.63) is 70.9 Å². The molecule has 1 amide bonds. The molecule has 0 aliphatic carbocycles. The highest BCUT2D eigenvalue weighted by molar-refractivity contribution is 6.06. The molecule has 0 bridgehead atoms. The Labute approximate surface area is 182 Å². The van der Waals surface area contributed by atoms with Gasteiger partial charge in [-0.05, 0) is 57.0 Å². The Morgan fingerprint density at radius 1 is 1.10 bits per heavy atom. The van der Waals surface area contributed by atoms with Gasteiger partial charge in [0.25, 0.3) is 5.91 Å². The Balaban J connectivity index is 1.80. The third kappa shape index (κ3) is 4.11. The largest absolute Gasteiger partial charge is 0.385 e. The predicted octanol–water partition coefficient (Wildman–Crippen LogP) is 5.25. The number of methoxy groups -OCH3 is 1. The number of amides is 1. The number of aryl methyl sites for hydroxylation is 1. The molecule has 160 valence electrons. The van der Waals surface area contributed by atoms with E-state index in [9.17, 15) is 4.79 Å². The maximum atomic E-state index is 13.1. The van der Waals surface area contributed by atoms with Crippen LogP contribution in [-0.4, -0.2) is 34.2 Å². The first kappa shape index (κ1) is 20.9. The molecule has 0 unspecified atom stereocenters. The molecule has 0 saturated heterocycles. The molecule has 0 radical (unpaired) electrons. The van der Waals surface area contributed by atoms with E-state index in [1.54, 1.807) is 7.11 Å². The van der Waals surface area contributed by atoms with Gasteiger partial charge in [-0.3, -0.25) is 4.79 Å². The van der Waals surface area contributed by atoms with E-state index in [0.29, 0.717) is 12.2 Å². The lowest BCUT2D eigenvalue weighted by molar-refractivity contribution is 0.102. The lowest BCUT2D eigenvalue weighted by atomic mass is 10.1. The fourth-order valence-electron chi connectivity index (χ4n) is 3.89. The van der Waals surface area contributed by atoms with Crippen LogP contribution in [0.5, 0.6) is 0 Å². The fraction of sp³-hybridized carbons (Fsp3) is 0.280. The second-order valence-corrected chi connectivity index (χ2v) is 7.85. The number of anilines is 1. The van der Waals surface area contributed by atoms with E-state index in [-0.39, 0.29) is 5.91 Å². The fourth-order valence-corrected chi connectivity index (χ4v) is 3.89. The summed E-state index contributed by atoms with van der Waals surface area (Å²) in [5, 5.41) is 3.17. The number of hydrogen-bond acceptors (Lipinski definition) is 3. The van der Waals surface area contributed by atoms with Crippen molar-refractivity contribution < 1.29 is 9.53 Å². The van der Waals surface area contributed by atoms with Crippen LogP contribution in [0.25, 0.3) is 22.4 Å². The predicted molar refractivity (Wildman–Crippen MR) is 125 cm³/mol. The number of carbonyl (C=O) groups is 1. The van der Waals surface area contributed by atoms with Crippen LogP contribution in [0.2, 0.25) is 0 Å². The molecular formula is C25H28N4O2. The normalized spacial score (nSPS) is 11.2. The number of fused-ring (bicyclic) bond motifs is 1. The quantitative estimate of drug-likeness (QED) is 0.405. The standard InChI is InChI=1S/C25H28N4O2/c1-16-10-12-19(13-11-16)25(30)28-24-22(17(2)18(3)29(24)14-7-15-31-4)23-26-20-8-5-6-9-21(20)27-23/h5-6,8-13H,7,14-15H2,1-4H3,(H,26,27)(H,28,30). The van der Waals surface area contributed by atoms with Crippen molar-refractivity contribution in [2.24, 2.45) is 0 Å². The summed E-state index contributed by atoms with van der Waals surface area (Å²) >= 11 is 0. The smallest absolute Gasteiger partial charge is 0.256 e. The van der Waals surface area contributed by atoms with E-state index < -0.39 is 0 Å². The molecule has 0 saturated carbocycles. The zero-order chi connectivity index (χ0) is 22.0. The van der Waals surface area contributed by atoms with E-state index in [1.165, 1.54) is 0 Å². The molecule has 2 aromatic heterocycles. The number of H-pyrrole nitrogens is 1. The zero-order valence-corrected chi connectivity index (χ0v) is 18.5. The number of nitrogens with zero attached hydrogens (tertiary/aromatic N) is 2. The van der Waals surface area contributed by atoms with Gasteiger partial charge in [0.15, 0.2) is 0 Å². The number of aromatic nitrogens is 3. The summed E-state index contributed by atoms with van der Waals surface area (Å²) in [4.78, 5) is 21.3. The first-order valence-electron chi connectivity index (χ1n) is 10.5. The highest BCUT2D eigenvalue weighted by Crippen LogP contribution is 2.36. The Hall–Kier alpha value is -3.38. The summed E-state index contributed by atoms with van der Waals surface area (Å²) in [6, 6.07) is 15.5. The van der Waals surface area contributed by atoms with Gasteiger partial charge in [-0.15, -0.1) is 0 Å². The van der Waals surface area contributed by atoms with Crippen LogP contribution in [-0.2, 0) is 11.3 Å². The van der Waals surface area contributed by atoms with E-state index in [1.807, 2.05) is 55.5 Å². The first-order valence-corrected chi connectivity index (χ1v) is 10.5. The highest BCUT2D eigenvalue weighted by atomic mass is 16.5. The minimum atomic E-state index is -0.136. The van der Waals surface area contributed by atoms with Gasteiger partial charge in [-0.25, -0.2) is 4.98 Å². The van der Waals surface area contributed by atoms with Crippen molar-refractivity contribution >= 4 is 22.8 Å². The second kappa shape index (κ2) is 8.78. The van der Waals surface area contributed by atoms with Crippen molar-refractivity contribution in [3.63, 3.8) is 0 Å². The zero-order valence-electron chi connectivity index (χ0n) is 18.5. The molecule has 0 aliphatic heterocycles. The van der Waals surface area contributed by atoms with Crippen molar-refractivity contribution in [1.82, 2.24) is 14.5 Å². The van der Waals surface area contributed by atoms with Crippen LogP contribution in [0.15, 0.2) is 48.5 Å². The average Bonchev–Trinajstić information content (AvgIpc) is 3.28. The SMILES string of the molecule is COCCCn1c(C)c(C)c(-c2nc3ccccc3[nH]2)c1NC(=O)c1ccc(C)cc1. The van der Waals surface area contributed by atoms with Crippen LogP contribution in [0.1, 0.15) is 33.6 Å². The third-order valence-corrected chi connectivity index (χ3v) is 5.73. The maximum Gasteiger partial charge on any atom is 0.256 e. The van der Waals surface area contributed by atoms with E-state index in [2.05, 4.69) is 28.7 Å². The number of benzene rings is 2. The minimum Gasteiger partial charge on any atom is -0.385 e. The van der Waals surface area contributed by atoms with Gasteiger partial charge in [0, 0.05) is 31.5 Å². The first-order chi connectivity index (χ1) is 15.0. The van der Waals surface area contributed by atoms with E-state index in [4.69, 9.17) is 9.72 Å². The molecule has 2 aromatic carbocycles. The van der Waals surface area contributed by atoms with Crippen molar-refractivity contribution in [1.29, 1.82) is 0 Å². The summed E-state index contributed by atoms with van der Waals surface area (Å²) in [5.74, 6) is 1.38. The summed E-state index contributed by atoms with van der Waals surface area (Å²) in [6.07, 6.45) is 0.846. The van der Waals surface area contributed by atoms with E-state index in [0.717, 1.165) is 58.0 Å². The molecule has 4 aromatic rings. The summed E-state index contributed by atoms with van der Waals surface area (Å²) in [7, 11) is 1.70. The minimum absolute atomic E-state index is 0.136. The Morgan fingerprint density at radius 2 is 1.84 bits per heavy atom. The van der Waals surface area contributed by atoms with E-state index >= 15 is 0 Å². The van der Waals surface area contributed by atoms with Gasteiger partial charge in [0.05, 0.1) is 16.6 Å². The van der Waals surface area contributed by atoms with Crippen LogP contribution in [0.4, 0.5) is 5.82 Å². The molecule has 6 nitrogen and oxygen atoms in total. The molecule has 0 fully saturated rings. The van der Waals surface area contributed by atoms with Gasteiger partial charge in [-0.2, -0.15) is 0 Å².